The highest BCUT2D eigenvalue weighted by molar-refractivity contribution is 5.74. The number of carbonyl (C=O) groups is 1. The molecule has 0 amide bonds. The first kappa shape index (κ1) is 27.5. The molecule has 0 aromatic carbocycles. The molecule has 2 heterocycles. The van der Waals surface area contributed by atoms with Gasteiger partial charge in [-0.2, -0.15) is 0 Å². The van der Waals surface area contributed by atoms with Crippen LogP contribution in [-0.2, 0) is 14.3 Å². The first-order valence-corrected chi connectivity index (χ1v) is 12.0. The van der Waals surface area contributed by atoms with E-state index in [9.17, 15) is 20.1 Å². The van der Waals surface area contributed by atoms with E-state index in [1.807, 2.05) is 40.7 Å². The lowest BCUT2D eigenvalue weighted by atomic mass is 9.84. The first-order chi connectivity index (χ1) is 15.4. The van der Waals surface area contributed by atoms with E-state index < -0.39 is 30.4 Å². The zero-order valence-corrected chi connectivity index (χ0v) is 20.7. The van der Waals surface area contributed by atoms with Gasteiger partial charge < -0.3 is 24.8 Å². The van der Waals surface area contributed by atoms with Crippen LogP contribution in [-0.4, -0.2) is 57.9 Å². The van der Waals surface area contributed by atoms with E-state index in [1.165, 1.54) is 0 Å². The Kier molecular flexibility index (Phi) is 10.1. The molecule has 3 N–H and O–H groups in total. The van der Waals surface area contributed by atoms with E-state index in [2.05, 4.69) is 13.2 Å². The van der Waals surface area contributed by atoms with Crippen LogP contribution in [0.2, 0.25) is 0 Å². The summed E-state index contributed by atoms with van der Waals surface area (Å²) in [5.74, 6) is -0.980. The molecule has 8 unspecified atom stereocenters. The molecule has 33 heavy (non-hydrogen) atoms. The predicted octanol–water partition coefficient (Wildman–Crippen LogP) is 3.87. The van der Waals surface area contributed by atoms with Crippen LogP contribution >= 0.6 is 0 Å². The van der Waals surface area contributed by atoms with Crippen molar-refractivity contribution in [1.82, 2.24) is 0 Å². The molecule has 8 atom stereocenters. The molecular formula is C27H42O6. The highest BCUT2D eigenvalue weighted by Gasteiger charge is 2.41. The average molecular weight is 463 g/mol. The highest BCUT2D eigenvalue weighted by atomic mass is 16.6. The fourth-order valence-electron chi connectivity index (χ4n) is 4.23. The minimum Gasteiger partial charge on any atom is -0.457 e. The Balaban J connectivity index is 2.23. The Labute approximate surface area is 198 Å². The SMILES string of the molecule is C=C1/C=C/CC(O)C(=O)OC(C(C)C(C)C)C(O)CC(C)C(O)CC(=C)C2OC2C/C(C)=C/1. The number of esters is 1. The largest absolute Gasteiger partial charge is 0.457 e. The zero-order valence-electron chi connectivity index (χ0n) is 20.7. The molecule has 6 nitrogen and oxygen atoms in total. The highest BCUT2D eigenvalue weighted by Crippen LogP contribution is 2.36. The number of aliphatic hydroxyl groups excluding tert-OH is 3. The molecule has 2 aliphatic heterocycles. The monoisotopic (exact) mass is 462 g/mol. The number of carbonyl (C=O) groups excluding carboxylic acids is 1. The molecule has 2 aliphatic rings. The number of epoxide rings is 1. The number of cyclic esters (lactones) is 1. The Morgan fingerprint density at radius 2 is 1.76 bits per heavy atom. The van der Waals surface area contributed by atoms with Crippen LogP contribution in [0.25, 0.3) is 0 Å². The van der Waals surface area contributed by atoms with Crippen LogP contribution in [0, 0.1) is 17.8 Å². The van der Waals surface area contributed by atoms with Crippen molar-refractivity contribution in [3.63, 3.8) is 0 Å². The standard InChI is InChI=1S/C27H42O6/c1-15(2)20(7)26-23(30)13-18(5)22(29)14-19(6)25-24(32-25)12-17(4)11-16(3)9-8-10-21(28)27(31)33-26/h8-9,11,15,18,20-26,28-30H,3,6,10,12-14H2,1-2,4-5,7H3/b9-8+,17-11+. The molecule has 0 radical (unpaired) electrons. The van der Waals surface area contributed by atoms with Gasteiger partial charge in [-0.05, 0) is 55.1 Å². The number of hydrogen-bond acceptors (Lipinski definition) is 6. The van der Waals surface area contributed by atoms with Gasteiger partial charge in [-0.25, -0.2) is 4.79 Å². The van der Waals surface area contributed by atoms with Crippen molar-refractivity contribution in [2.75, 3.05) is 0 Å². The van der Waals surface area contributed by atoms with Gasteiger partial charge in [0.1, 0.15) is 12.2 Å². The van der Waals surface area contributed by atoms with Crippen molar-refractivity contribution in [2.24, 2.45) is 17.8 Å². The molecule has 6 heteroatoms. The van der Waals surface area contributed by atoms with Crippen molar-refractivity contribution in [2.45, 2.75) is 96.9 Å². The van der Waals surface area contributed by atoms with Gasteiger partial charge in [-0.3, -0.25) is 0 Å². The lowest BCUT2D eigenvalue weighted by Gasteiger charge is -2.33. The maximum atomic E-state index is 12.6. The second-order valence-corrected chi connectivity index (χ2v) is 10.2. The number of hydrogen-bond donors (Lipinski definition) is 3. The molecule has 0 aromatic rings. The second kappa shape index (κ2) is 12.1. The third kappa shape index (κ3) is 8.21. The van der Waals surface area contributed by atoms with Crippen LogP contribution < -0.4 is 0 Å². The number of fused-ring (bicyclic) bond motifs is 1. The smallest absolute Gasteiger partial charge is 0.335 e. The Hall–Kier alpha value is -1.73. The van der Waals surface area contributed by atoms with E-state index in [0.29, 0.717) is 6.42 Å². The van der Waals surface area contributed by atoms with Gasteiger partial charge in [-0.1, -0.05) is 64.7 Å². The van der Waals surface area contributed by atoms with Gasteiger partial charge in [0, 0.05) is 6.42 Å². The minimum absolute atomic E-state index is 0.0461. The van der Waals surface area contributed by atoms with E-state index in [1.54, 1.807) is 12.2 Å². The third-order valence-corrected chi connectivity index (χ3v) is 6.85. The van der Waals surface area contributed by atoms with Crippen LogP contribution in [0.15, 0.2) is 48.1 Å². The molecule has 1 saturated heterocycles. The molecular weight excluding hydrogens is 420 g/mol. The Morgan fingerprint density at radius 3 is 2.39 bits per heavy atom. The van der Waals surface area contributed by atoms with Crippen molar-refractivity contribution in [1.29, 1.82) is 0 Å². The van der Waals surface area contributed by atoms with Crippen LogP contribution in [0.3, 0.4) is 0 Å². The summed E-state index contributed by atoms with van der Waals surface area (Å²) in [7, 11) is 0. The van der Waals surface area contributed by atoms with Crippen LogP contribution in [0.5, 0.6) is 0 Å². The lowest BCUT2D eigenvalue weighted by molar-refractivity contribution is -0.171. The van der Waals surface area contributed by atoms with Crippen molar-refractivity contribution in [3.05, 3.63) is 48.1 Å². The summed E-state index contributed by atoms with van der Waals surface area (Å²) in [6, 6.07) is 0. The predicted molar refractivity (Wildman–Crippen MR) is 129 cm³/mol. The quantitative estimate of drug-likeness (QED) is 0.327. The van der Waals surface area contributed by atoms with Crippen molar-refractivity contribution in [3.8, 4) is 0 Å². The van der Waals surface area contributed by atoms with Gasteiger partial charge in [0.25, 0.3) is 0 Å². The number of aliphatic hydroxyl groups is 3. The maximum Gasteiger partial charge on any atom is 0.335 e. The molecule has 186 valence electrons. The summed E-state index contributed by atoms with van der Waals surface area (Å²) >= 11 is 0. The van der Waals surface area contributed by atoms with Gasteiger partial charge >= 0.3 is 5.97 Å². The average Bonchev–Trinajstić information content (AvgIpc) is 3.48. The third-order valence-electron chi connectivity index (χ3n) is 6.85. The fraction of sp³-hybridized carbons (Fsp3) is 0.667. The number of rotatable bonds is 2. The normalized spacial score (nSPS) is 38.8. The van der Waals surface area contributed by atoms with Gasteiger partial charge in [0.15, 0.2) is 6.10 Å². The maximum absolute atomic E-state index is 12.6. The molecule has 1 fully saturated rings. The molecule has 2 rings (SSSR count). The summed E-state index contributed by atoms with van der Waals surface area (Å²) in [4.78, 5) is 12.6. The Bertz CT molecular complexity index is 767. The molecule has 0 saturated carbocycles. The number of ether oxygens (including phenoxy) is 2. The van der Waals surface area contributed by atoms with E-state index in [4.69, 9.17) is 9.47 Å². The lowest BCUT2D eigenvalue weighted by Crippen LogP contribution is -2.42. The molecule has 0 aromatic heterocycles. The summed E-state index contributed by atoms with van der Waals surface area (Å²) in [5.41, 5.74) is 2.71. The van der Waals surface area contributed by atoms with Crippen molar-refractivity contribution >= 4 is 5.97 Å². The number of allylic oxidation sites excluding steroid dienone is 3. The fourth-order valence-corrected chi connectivity index (χ4v) is 4.23. The zero-order chi connectivity index (χ0) is 24.9. The van der Waals surface area contributed by atoms with Gasteiger partial charge in [0.05, 0.1) is 18.3 Å². The van der Waals surface area contributed by atoms with Gasteiger partial charge in [0.2, 0.25) is 0 Å². The van der Waals surface area contributed by atoms with Crippen molar-refractivity contribution < 1.29 is 29.6 Å². The topological polar surface area (TPSA) is 99.5 Å². The Morgan fingerprint density at radius 1 is 1.09 bits per heavy atom. The molecule has 0 aliphatic carbocycles. The summed E-state index contributed by atoms with van der Waals surface area (Å²) in [5, 5.41) is 32.0. The molecule has 0 bridgehead atoms. The van der Waals surface area contributed by atoms with Crippen LogP contribution in [0.4, 0.5) is 0 Å². The summed E-state index contributed by atoms with van der Waals surface area (Å²) in [6.45, 7) is 17.9. The summed E-state index contributed by atoms with van der Waals surface area (Å²) < 4.78 is 11.4. The first-order valence-electron chi connectivity index (χ1n) is 12.0. The van der Waals surface area contributed by atoms with Gasteiger partial charge in [-0.15, -0.1) is 0 Å². The van der Waals surface area contributed by atoms with Crippen LogP contribution in [0.1, 0.15) is 60.3 Å². The summed E-state index contributed by atoms with van der Waals surface area (Å²) in [6.07, 6.45) is 3.07. The second-order valence-electron chi connectivity index (χ2n) is 10.2. The van der Waals surface area contributed by atoms with E-state index in [0.717, 1.165) is 23.1 Å². The van der Waals surface area contributed by atoms with E-state index >= 15 is 0 Å². The molecule has 0 spiro atoms. The van der Waals surface area contributed by atoms with E-state index in [-0.39, 0.29) is 42.8 Å². The minimum atomic E-state index is -1.33.